The number of aliphatic carboxylic acids is 1. The summed E-state index contributed by atoms with van der Waals surface area (Å²) in [4.78, 5) is 11.5. The van der Waals surface area contributed by atoms with E-state index in [0.29, 0.717) is 21.5 Å². The molecule has 0 aliphatic carbocycles. The first-order valence-electron chi connectivity index (χ1n) is 8.82. The van der Waals surface area contributed by atoms with E-state index in [-0.39, 0.29) is 0 Å². The lowest BCUT2D eigenvalue weighted by atomic mass is 9.98. The molecule has 29 heavy (non-hydrogen) atoms. The Morgan fingerprint density at radius 1 is 0.966 bits per heavy atom. The number of hydrogen-bond donors (Lipinski definition) is 1. The fourth-order valence-electron chi connectivity index (χ4n) is 2.73. The normalized spacial score (nSPS) is 11.3. The highest BCUT2D eigenvalue weighted by Crippen LogP contribution is 2.33. The molecule has 0 aromatic heterocycles. The van der Waals surface area contributed by atoms with E-state index in [2.05, 4.69) is 18.2 Å². The number of carboxylic acids is 1. The average Bonchev–Trinajstić information content (AvgIpc) is 2.72. The molecular weight excluding hydrogens is 427 g/mol. The van der Waals surface area contributed by atoms with Gasteiger partial charge in [-0.2, -0.15) is 0 Å². The molecule has 0 fully saturated rings. The van der Waals surface area contributed by atoms with Crippen molar-refractivity contribution >= 4 is 46.5 Å². The third-order valence-corrected chi connectivity index (χ3v) is 5.80. The summed E-state index contributed by atoms with van der Waals surface area (Å²) in [7, 11) is 0. The predicted octanol–water partition coefficient (Wildman–Crippen LogP) is 6.68. The molecule has 0 bridgehead atoms. The van der Waals surface area contributed by atoms with E-state index in [1.54, 1.807) is 23.9 Å². The Balaban J connectivity index is 1.78. The summed E-state index contributed by atoms with van der Waals surface area (Å²) in [5.41, 5.74) is 3.12. The number of ether oxygens (including phenoxy) is 1. The largest absolute Gasteiger partial charge is 0.482 e. The minimum atomic E-state index is -1.03. The fourth-order valence-corrected chi connectivity index (χ4v) is 4.09. The van der Waals surface area contributed by atoms with Crippen molar-refractivity contribution in [1.29, 1.82) is 0 Å². The maximum absolute atomic E-state index is 10.6. The molecule has 0 aliphatic heterocycles. The molecule has 0 saturated carbocycles. The van der Waals surface area contributed by atoms with Crippen molar-refractivity contribution in [3.8, 4) is 5.75 Å². The standard InChI is InChI=1S/C23H18Cl2O3S/c24-20-9-5-4-8-19(20)18(16-6-2-1-3-7-16)12-13-29-22-11-10-17(14-21(22)25)28-15-23(26)27/h1-12,14H,13,15H2,(H,26,27)/b18-12-. The molecule has 0 amide bonds. The van der Waals surface area contributed by atoms with E-state index in [4.69, 9.17) is 33.0 Å². The number of halogens is 2. The number of thioether (sulfide) groups is 1. The molecular formula is C23H18Cl2O3S. The lowest BCUT2D eigenvalue weighted by Gasteiger charge is -2.11. The third-order valence-electron chi connectivity index (χ3n) is 4.04. The lowest BCUT2D eigenvalue weighted by Crippen LogP contribution is -2.09. The van der Waals surface area contributed by atoms with Crippen molar-refractivity contribution < 1.29 is 14.6 Å². The molecule has 3 aromatic rings. The molecule has 0 spiro atoms. The van der Waals surface area contributed by atoms with Gasteiger partial charge in [-0.25, -0.2) is 4.79 Å². The van der Waals surface area contributed by atoms with Crippen molar-refractivity contribution in [3.63, 3.8) is 0 Å². The van der Waals surface area contributed by atoms with Crippen LogP contribution in [0, 0.1) is 0 Å². The first-order valence-corrected chi connectivity index (χ1v) is 10.6. The van der Waals surface area contributed by atoms with Crippen LogP contribution in [0.1, 0.15) is 11.1 Å². The first-order chi connectivity index (χ1) is 14.0. The van der Waals surface area contributed by atoms with E-state index in [0.717, 1.165) is 21.6 Å². The summed E-state index contributed by atoms with van der Waals surface area (Å²) in [6.07, 6.45) is 2.13. The van der Waals surface area contributed by atoms with Crippen LogP contribution in [0.15, 0.2) is 83.8 Å². The lowest BCUT2D eigenvalue weighted by molar-refractivity contribution is -0.139. The zero-order chi connectivity index (χ0) is 20.6. The molecule has 3 nitrogen and oxygen atoms in total. The first kappa shape index (κ1) is 21.3. The van der Waals surface area contributed by atoms with Gasteiger partial charge in [0.15, 0.2) is 6.61 Å². The number of benzene rings is 3. The van der Waals surface area contributed by atoms with Crippen LogP contribution in [0.5, 0.6) is 5.75 Å². The monoisotopic (exact) mass is 444 g/mol. The fraction of sp³-hybridized carbons (Fsp3) is 0.0870. The number of rotatable bonds is 8. The van der Waals surface area contributed by atoms with Gasteiger partial charge < -0.3 is 9.84 Å². The average molecular weight is 445 g/mol. The van der Waals surface area contributed by atoms with Crippen LogP contribution in [0.2, 0.25) is 10.0 Å². The molecule has 0 atom stereocenters. The van der Waals surface area contributed by atoms with Crippen molar-refractivity contribution in [2.45, 2.75) is 4.90 Å². The van der Waals surface area contributed by atoms with Gasteiger partial charge in [-0.15, -0.1) is 11.8 Å². The van der Waals surface area contributed by atoms with Crippen LogP contribution < -0.4 is 4.74 Å². The third kappa shape index (κ3) is 6.04. The van der Waals surface area contributed by atoms with E-state index < -0.39 is 12.6 Å². The molecule has 1 N–H and O–H groups in total. The highest BCUT2D eigenvalue weighted by molar-refractivity contribution is 7.99. The molecule has 0 unspecified atom stereocenters. The Hall–Kier alpha value is -2.40. The molecule has 0 saturated heterocycles. The Morgan fingerprint density at radius 3 is 2.38 bits per heavy atom. The van der Waals surface area contributed by atoms with Crippen LogP contribution in [0.3, 0.4) is 0 Å². The summed E-state index contributed by atoms with van der Waals surface area (Å²) >= 11 is 14.3. The van der Waals surface area contributed by atoms with E-state index in [1.807, 2.05) is 48.5 Å². The smallest absolute Gasteiger partial charge is 0.341 e. The highest BCUT2D eigenvalue weighted by atomic mass is 35.5. The molecule has 0 radical (unpaired) electrons. The summed E-state index contributed by atoms with van der Waals surface area (Å²) in [6.45, 7) is -0.399. The summed E-state index contributed by atoms with van der Waals surface area (Å²) < 4.78 is 5.15. The van der Waals surface area contributed by atoms with Crippen molar-refractivity contribution in [3.05, 3.63) is 100 Å². The minimum absolute atomic E-state index is 0.399. The van der Waals surface area contributed by atoms with Gasteiger partial charge in [0.25, 0.3) is 0 Å². The van der Waals surface area contributed by atoms with Crippen molar-refractivity contribution in [2.75, 3.05) is 12.4 Å². The van der Waals surface area contributed by atoms with E-state index in [1.165, 1.54) is 0 Å². The van der Waals surface area contributed by atoms with Crippen LogP contribution >= 0.6 is 35.0 Å². The Labute approximate surface area is 183 Å². The van der Waals surface area contributed by atoms with E-state index in [9.17, 15) is 4.79 Å². The Morgan fingerprint density at radius 2 is 1.69 bits per heavy atom. The number of carboxylic acid groups (broad SMARTS) is 1. The maximum atomic E-state index is 10.6. The minimum Gasteiger partial charge on any atom is -0.482 e. The van der Waals surface area contributed by atoms with Gasteiger partial charge in [-0.1, -0.05) is 77.8 Å². The van der Waals surface area contributed by atoms with Gasteiger partial charge in [0.2, 0.25) is 0 Å². The van der Waals surface area contributed by atoms with Gasteiger partial charge in [0, 0.05) is 21.2 Å². The molecule has 3 rings (SSSR count). The van der Waals surface area contributed by atoms with Crippen molar-refractivity contribution in [2.24, 2.45) is 0 Å². The second kappa shape index (κ2) is 10.4. The Kier molecular flexibility index (Phi) is 7.64. The van der Waals surface area contributed by atoms with Gasteiger partial charge in [-0.3, -0.25) is 0 Å². The van der Waals surface area contributed by atoms with Crippen LogP contribution in [-0.2, 0) is 4.79 Å². The molecule has 6 heteroatoms. The second-order valence-electron chi connectivity index (χ2n) is 6.05. The van der Waals surface area contributed by atoms with Crippen molar-refractivity contribution in [1.82, 2.24) is 0 Å². The molecule has 3 aromatic carbocycles. The predicted molar refractivity (Wildman–Crippen MR) is 120 cm³/mol. The van der Waals surface area contributed by atoms with E-state index >= 15 is 0 Å². The molecule has 0 heterocycles. The second-order valence-corrected chi connectivity index (χ2v) is 7.93. The van der Waals surface area contributed by atoms with Crippen LogP contribution in [-0.4, -0.2) is 23.4 Å². The summed E-state index contributed by atoms with van der Waals surface area (Å²) in [6, 6.07) is 23.0. The zero-order valence-corrected chi connectivity index (χ0v) is 17.7. The highest BCUT2D eigenvalue weighted by Gasteiger charge is 2.09. The van der Waals surface area contributed by atoms with Crippen LogP contribution in [0.4, 0.5) is 0 Å². The summed E-state index contributed by atoms with van der Waals surface area (Å²) in [5.74, 6) is 0.0841. The van der Waals surface area contributed by atoms with Gasteiger partial charge >= 0.3 is 5.97 Å². The zero-order valence-electron chi connectivity index (χ0n) is 15.3. The SMILES string of the molecule is O=C(O)COc1ccc(SC/C=C(/c2ccccc2)c2ccccc2Cl)c(Cl)c1. The number of hydrogen-bond acceptors (Lipinski definition) is 3. The van der Waals surface area contributed by atoms with Gasteiger partial charge in [0.1, 0.15) is 5.75 Å². The molecule has 0 aliphatic rings. The topological polar surface area (TPSA) is 46.5 Å². The van der Waals surface area contributed by atoms with Crippen LogP contribution in [0.25, 0.3) is 5.57 Å². The maximum Gasteiger partial charge on any atom is 0.341 e. The molecule has 148 valence electrons. The summed E-state index contributed by atoms with van der Waals surface area (Å²) in [5, 5.41) is 9.91. The number of carbonyl (C=O) groups is 1. The quantitative estimate of drug-likeness (QED) is 0.393. The van der Waals surface area contributed by atoms with Gasteiger partial charge in [0.05, 0.1) is 5.02 Å². The Bertz CT molecular complexity index is 1020. The van der Waals surface area contributed by atoms with Gasteiger partial charge in [-0.05, 0) is 35.4 Å².